The van der Waals surface area contributed by atoms with Gasteiger partial charge >= 0.3 is 0 Å². The summed E-state index contributed by atoms with van der Waals surface area (Å²) in [5, 5.41) is 8.80. The molecule has 8 heteroatoms. The molecule has 2 heterocycles. The van der Waals surface area contributed by atoms with Gasteiger partial charge < -0.3 is 5.32 Å². The molecule has 3 aromatic rings. The molecule has 1 unspecified atom stereocenters. The molecule has 1 saturated carbocycles. The van der Waals surface area contributed by atoms with Crippen molar-refractivity contribution >= 4 is 29.0 Å². The van der Waals surface area contributed by atoms with Crippen molar-refractivity contribution in [3.8, 4) is 0 Å². The first kappa shape index (κ1) is 22.1. The topological polar surface area (TPSA) is 88.1 Å². The predicted molar refractivity (Wildman–Crippen MR) is 125 cm³/mol. The molecule has 0 aliphatic heterocycles. The first-order valence-corrected chi connectivity index (χ1v) is 11.8. The molecule has 1 aromatic carbocycles. The number of pyridine rings is 1. The number of aromatic nitrogens is 3. The van der Waals surface area contributed by atoms with Crippen LogP contribution in [0.2, 0.25) is 0 Å². The van der Waals surface area contributed by atoms with Crippen LogP contribution >= 0.6 is 11.5 Å². The van der Waals surface area contributed by atoms with Crippen LogP contribution < -0.4 is 10.2 Å². The van der Waals surface area contributed by atoms with Crippen LogP contribution in [0.4, 0.5) is 5.69 Å². The van der Waals surface area contributed by atoms with E-state index in [4.69, 9.17) is 0 Å². The van der Waals surface area contributed by atoms with Crippen molar-refractivity contribution < 1.29 is 9.59 Å². The van der Waals surface area contributed by atoms with E-state index in [-0.39, 0.29) is 23.6 Å². The summed E-state index contributed by atoms with van der Waals surface area (Å²) in [6.45, 7) is 4.02. The number of hydrogen-bond acceptors (Lipinski definition) is 6. The molecule has 2 aromatic heterocycles. The standard InChI is InChI=1S/C24H27N5O2S/c1-16-8-9-20(14-17(16)2)29(24(31)21-15-32-28-27-21)22(18-10-12-25-13-11-18)23(30)26-19-6-4-3-5-7-19/h8-15,19,22H,3-7H2,1-2H3,(H,26,30). The molecule has 7 nitrogen and oxygen atoms in total. The molecule has 2 amide bonds. The van der Waals surface area contributed by atoms with Crippen LogP contribution in [-0.2, 0) is 4.79 Å². The van der Waals surface area contributed by atoms with Crippen molar-refractivity contribution in [1.29, 1.82) is 0 Å². The second-order valence-corrected chi connectivity index (χ2v) is 8.87. The summed E-state index contributed by atoms with van der Waals surface area (Å²) in [4.78, 5) is 33.0. The average molecular weight is 450 g/mol. The molecular weight excluding hydrogens is 422 g/mol. The van der Waals surface area contributed by atoms with Gasteiger partial charge in [0.1, 0.15) is 6.04 Å². The maximum absolute atomic E-state index is 13.7. The number of anilines is 1. The van der Waals surface area contributed by atoms with Crippen LogP contribution in [0.1, 0.15) is 65.3 Å². The Kier molecular flexibility index (Phi) is 6.90. The van der Waals surface area contributed by atoms with E-state index in [1.54, 1.807) is 29.9 Å². The lowest BCUT2D eigenvalue weighted by atomic mass is 9.94. The fraction of sp³-hybridized carbons (Fsp3) is 0.375. The quantitative estimate of drug-likeness (QED) is 0.603. The normalized spacial score (nSPS) is 15.2. The van der Waals surface area contributed by atoms with Crippen molar-refractivity contribution in [3.63, 3.8) is 0 Å². The number of aryl methyl sites for hydroxylation is 2. The summed E-state index contributed by atoms with van der Waals surface area (Å²) >= 11 is 1.11. The number of carbonyl (C=O) groups is 2. The largest absolute Gasteiger partial charge is 0.351 e. The second-order valence-electron chi connectivity index (χ2n) is 8.26. The van der Waals surface area contributed by atoms with Gasteiger partial charge in [0.15, 0.2) is 5.69 Å². The smallest absolute Gasteiger partial charge is 0.280 e. The molecule has 1 atom stereocenters. The lowest BCUT2D eigenvalue weighted by molar-refractivity contribution is -0.123. The molecule has 4 rings (SSSR count). The van der Waals surface area contributed by atoms with Crippen LogP contribution in [0, 0.1) is 13.8 Å². The summed E-state index contributed by atoms with van der Waals surface area (Å²) in [7, 11) is 0. The molecule has 0 spiro atoms. The molecule has 0 radical (unpaired) electrons. The Labute approximate surface area is 192 Å². The van der Waals surface area contributed by atoms with Crippen LogP contribution in [0.3, 0.4) is 0 Å². The minimum atomic E-state index is -0.851. The number of nitrogens with one attached hydrogen (secondary N) is 1. The summed E-state index contributed by atoms with van der Waals surface area (Å²) in [5.74, 6) is -0.555. The van der Waals surface area contributed by atoms with E-state index in [0.29, 0.717) is 11.3 Å². The molecule has 1 aliphatic carbocycles. The number of hydrogen-bond donors (Lipinski definition) is 1. The summed E-state index contributed by atoms with van der Waals surface area (Å²) < 4.78 is 3.86. The molecule has 166 valence electrons. The zero-order chi connectivity index (χ0) is 22.5. The monoisotopic (exact) mass is 449 g/mol. The van der Waals surface area contributed by atoms with Gasteiger partial charge in [-0.25, -0.2) is 0 Å². The van der Waals surface area contributed by atoms with E-state index in [1.165, 1.54) is 11.3 Å². The first-order chi connectivity index (χ1) is 15.5. The van der Waals surface area contributed by atoms with E-state index in [1.807, 2.05) is 32.0 Å². The Balaban J connectivity index is 1.79. The molecular formula is C24H27N5O2S. The SMILES string of the molecule is Cc1ccc(N(C(=O)c2csnn2)C(C(=O)NC2CCCCC2)c2ccncc2)cc1C. The van der Waals surface area contributed by atoms with Crippen molar-refractivity contribution in [2.24, 2.45) is 0 Å². The van der Waals surface area contributed by atoms with Gasteiger partial charge in [-0.2, -0.15) is 0 Å². The zero-order valence-electron chi connectivity index (χ0n) is 18.3. The molecule has 0 bridgehead atoms. The Bertz CT molecular complexity index is 1070. The van der Waals surface area contributed by atoms with E-state index >= 15 is 0 Å². The highest BCUT2D eigenvalue weighted by Gasteiger charge is 2.35. The van der Waals surface area contributed by atoms with Gasteiger partial charge in [-0.1, -0.05) is 29.8 Å². The Morgan fingerprint density at radius 1 is 1.06 bits per heavy atom. The summed E-state index contributed by atoms with van der Waals surface area (Å²) in [5.41, 5.74) is 3.72. The number of nitrogens with zero attached hydrogens (tertiary/aromatic N) is 4. The van der Waals surface area contributed by atoms with Gasteiger partial charge in [0.2, 0.25) is 5.91 Å². The summed E-state index contributed by atoms with van der Waals surface area (Å²) in [6.07, 6.45) is 8.62. The number of amides is 2. The third-order valence-electron chi connectivity index (χ3n) is 6.05. The minimum Gasteiger partial charge on any atom is -0.351 e. The highest BCUT2D eigenvalue weighted by Crippen LogP contribution is 2.31. The average Bonchev–Trinajstić information content (AvgIpc) is 3.35. The molecule has 32 heavy (non-hydrogen) atoms. The van der Waals surface area contributed by atoms with Crippen LogP contribution in [0.25, 0.3) is 0 Å². The fourth-order valence-electron chi connectivity index (χ4n) is 4.13. The lowest BCUT2D eigenvalue weighted by Crippen LogP contribution is -2.47. The van der Waals surface area contributed by atoms with E-state index in [9.17, 15) is 9.59 Å². The van der Waals surface area contributed by atoms with Crippen LogP contribution in [0.5, 0.6) is 0 Å². The highest BCUT2D eigenvalue weighted by atomic mass is 32.1. The zero-order valence-corrected chi connectivity index (χ0v) is 19.1. The van der Waals surface area contributed by atoms with Crippen molar-refractivity contribution in [3.05, 3.63) is 70.5 Å². The van der Waals surface area contributed by atoms with E-state index in [0.717, 1.165) is 48.3 Å². The van der Waals surface area contributed by atoms with Gasteiger partial charge in [0, 0.05) is 29.5 Å². The first-order valence-electron chi connectivity index (χ1n) is 10.9. The predicted octanol–water partition coefficient (Wildman–Crippen LogP) is 4.39. The number of benzene rings is 1. The fourth-order valence-corrected chi connectivity index (χ4v) is 4.56. The maximum atomic E-state index is 13.7. The Morgan fingerprint density at radius 3 is 2.47 bits per heavy atom. The minimum absolute atomic E-state index is 0.123. The van der Waals surface area contributed by atoms with Gasteiger partial charge in [-0.05, 0) is 79.2 Å². The number of rotatable bonds is 6. The lowest BCUT2D eigenvalue weighted by Gasteiger charge is -2.33. The van der Waals surface area contributed by atoms with Crippen molar-refractivity contribution in [2.75, 3.05) is 4.90 Å². The van der Waals surface area contributed by atoms with Crippen LogP contribution in [0.15, 0.2) is 48.1 Å². The van der Waals surface area contributed by atoms with Gasteiger partial charge in [0.05, 0.1) is 0 Å². The summed E-state index contributed by atoms with van der Waals surface area (Å²) in [6, 6.07) is 8.62. The van der Waals surface area contributed by atoms with Gasteiger partial charge in [-0.3, -0.25) is 19.5 Å². The van der Waals surface area contributed by atoms with E-state index < -0.39 is 6.04 Å². The Hall–Kier alpha value is -3.13. The van der Waals surface area contributed by atoms with Gasteiger partial charge in [-0.15, -0.1) is 5.10 Å². The van der Waals surface area contributed by atoms with Gasteiger partial charge in [0.25, 0.3) is 5.91 Å². The molecule has 1 N–H and O–H groups in total. The third kappa shape index (κ3) is 4.85. The molecule has 1 fully saturated rings. The number of carbonyl (C=O) groups excluding carboxylic acids is 2. The maximum Gasteiger partial charge on any atom is 0.280 e. The van der Waals surface area contributed by atoms with Crippen molar-refractivity contribution in [2.45, 2.75) is 58.0 Å². The highest BCUT2D eigenvalue weighted by molar-refractivity contribution is 7.03. The van der Waals surface area contributed by atoms with Crippen molar-refractivity contribution in [1.82, 2.24) is 19.9 Å². The van der Waals surface area contributed by atoms with Crippen LogP contribution in [-0.4, -0.2) is 32.4 Å². The van der Waals surface area contributed by atoms with E-state index in [2.05, 4.69) is 19.9 Å². The molecule has 0 saturated heterocycles. The second kappa shape index (κ2) is 9.99. The third-order valence-corrected chi connectivity index (χ3v) is 6.55. The molecule has 1 aliphatic rings. The Morgan fingerprint density at radius 2 is 1.81 bits per heavy atom.